The number of hydrogen-bond donors (Lipinski definition) is 3. The number of nitrogens with two attached hydrogens (primary N) is 1. The number of nitrogens with zero attached hydrogens (tertiary/aromatic N) is 4. The number of nitrogen functional groups attached to an aromatic ring is 1. The molecule has 1 amide bonds. The first-order valence-electron chi connectivity index (χ1n) is 9.09. The molecular formula is C21H21N7O. The molecule has 8 nitrogen and oxygen atoms in total. The molecule has 0 atom stereocenters. The largest absolute Gasteiger partial charge is 0.397 e. The number of aromatic nitrogens is 4. The number of aromatic amines is 1. The van der Waals surface area contributed by atoms with Crippen LogP contribution in [0.25, 0.3) is 22.0 Å². The minimum absolute atomic E-state index is 0.304. The fourth-order valence-corrected chi connectivity index (χ4v) is 3.09. The predicted molar refractivity (Wildman–Crippen MR) is 113 cm³/mol. The number of pyridine rings is 2. The number of fused-ring (bicyclic) bond motifs is 1. The molecule has 3 aromatic heterocycles. The number of benzene rings is 1. The molecule has 0 unspecified atom stereocenters. The third-order valence-electron chi connectivity index (χ3n) is 4.43. The standard InChI is InChI=1S/C21H21N7O/c1-28(2)12-17-5-4-16(11-24-17)25-21(29)20-18-8-13(3-6-19(18)26-27-20)14-7-15(22)10-23-9-14/h3-11H,12,22H2,1-2H3,(H,25,29)(H,26,27). The number of H-pyrrole nitrogens is 1. The highest BCUT2D eigenvalue weighted by Gasteiger charge is 2.15. The smallest absolute Gasteiger partial charge is 0.276 e. The zero-order chi connectivity index (χ0) is 20.4. The molecule has 0 bridgehead atoms. The summed E-state index contributed by atoms with van der Waals surface area (Å²) < 4.78 is 0. The lowest BCUT2D eigenvalue weighted by molar-refractivity contribution is 0.102. The van der Waals surface area contributed by atoms with Gasteiger partial charge in [-0.25, -0.2) is 0 Å². The molecule has 3 heterocycles. The minimum Gasteiger partial charge on any atom is -0.397 e. The summed E-state index contributed by atoms with van der Waals surface area (Å²) in [6, 6.07) is 11.3. The Morgan fingerprint density at radius 3 is 2.69 bits per heavy atom. The SMILES string of the molecule is CN(C)Cc1ccc(NC(=O)c2n[nH]c3ccc(-c4cncc(N)c4)cc23)cn1. The summed E-state index contributed by atoms with van der Waals surface area (Å²) in [6.07, 6.45) is 4.98. The normalized spacial score (nSPS) is 11.1. The van der Waals surface area contributed by atoms with E-state index in [1.807, 2.05) is 55.4 Å². The van der Waals surface area contributed by atoms with E-state index in [4.69, 9.17) is 5.73 Å². The van der Waals surface area contributed by atoms with Gasteiger partial charge >= 0.3 is 0 Å². The third kappa shape index (κ3) is 4.07. The molecule has 0 aliphatic carbocycles. The Labute approximate surface area is 167 Å². The van der Waals surface area contributed by atoms with Gasteiger partial charge in [0.25, 0.3) is 5.91 Å². The highest BCUT2D eigenvalue weighted by molar-refractivity contribution is 6.11. The number of rotatable bonds is 5. The van der Waals surface area contributed by atoms with Gasteiger partial charge in [-0.15, -0.1) is 0 Å². The molecule has 8 heteroatoms. The number of anilines is 2. The third-order valence-corrected chi connectivity index (χ3v) is 4.43. The molecular weight excluding hydrogens is 366 g/mol. The second kappa shape index (κ2) is 7.69. The Balaban J connectivity index is 1.60. The van der Waals surface area contributed by atoms with Crippen LogP contribution in [0.1, 0.15) is 16.2 Å². The molecule has 0 radical (unpaired) electrons. The second-order valence-electron chi connectivity index (χ2n) is 7.07. The van der Waals surface area contributed by atoms with Crippen molar-refractivity contribution < 1.29 is 4.79 Å². The van der Waals surface area contributed by atoms with Crippen molar-refractivity contribution in [3.63, 3.8) is 0 Å². The van der Waals surface area contributed by atoms with Gasteiger partial charge in [0.15, 0.2) is 5.69 Å². The summed E-state index contributed by atoms with van der Waals surface area (Å²) >= 11 is 0. The molecule has 0 fully saturated rings. The van der Waals surface area contributed by atoms with E-state index < -0.39 is 0 Å². The number of nitrogens with one attached hydrogen (secondary N) is 2. The van der Waals surface area contributed by atoms with Gasteiger partial charge in [0, 0.05) is 29.9 Å². The summed E-state index contributed by atoms with van der Waals surface area (Å²) in [5.74, 6) is -0.304. The van der Waals surface area contributed by atoms with Gasteiger partial charge < -0.3 is 16.0 Å². The van der Waals surface area contributed by atoms with Crippen molar-refractivity contribution in [3.05, 3.63) is 66.4 Å². The van der Waals surface area contributed by atoms with E-state index in [1.165, 1.54) is 0 Å². The first kappa shape index (κ1) is 18.6. The van der Waals surface area contributed by atoms with Crippen LogP contribution in [0.4, 0.5) is 11.4 Å². The van der Waals surface area contributed by atoms with Crippen LogP contribution < -0.4 is 11.1 Å². The lowest BCUT2D eigenvalue weighted by Gasteiger charge is -2.09. The van der Waals surface area contributed by atoms with Gasteiger partial charge in [-0.05, 0) is 50.0 Å². The number of carbonyl (C=O) groups excluding carboxylic acids is 1. The summed E-state index contributed by atoms with van der Waals surface area (Å²) in [5, 5.41) is 10.7. The zero-order valence-corrected chi connectivity index (χ0v) is 16.2. The minimum atomic E-state index is -0.304. The zero-order valence-electron chi connectivity index (χ0n) is 16.2. The number of hydrogen-bond acceptors (Lipinski definition) is 6. The molecule has 0 saturated heterocycles. The van der Waals surface area contributed by atoms with Gasteiger partial charge in [0.05, 0.1) is 28.8 Å². The first-order chi connectivity index (χ1) is 14.0. The maximum absolute atomic E-state index is 12.8. The van der Waals surface area contributed by atoms with E-state index in [9.17, 15) is 4.79 Å². The van der Waals surface area contributed by atoms with Crippen LogP contribution in [0, 0.1) is 0 Å². The van der Waals surface area contributed by atoms with Crippen molar-refractivity contribution in [2.24, 2.45) is 0 Å². The van der Waals surface area contributed by atoms with Crippen LogP contribution in [0.3, 0.4) is 0 Å². The van der Waals surface area contributed by atoms with Crippen molar-refractivity contribution in [3.8, 4) is 11.1 Å². The summed E-state index contributed by atoms with van der Waals surface area (Å²) in [4.78, 5) is 23.3. The Hall–Kier alpha value is -3.78. The predicted octanol–water partition coefficient (Wildman–Crippen LogP) is 2.92. The van der Waals surface area contributed by atoms with E-state index in [-0.39, 0.29) is 5.91 Å². The van der Waals surface area contributed by atoms with Crippen molar-refractivity contribution in [1.29, 1.82) is 0 Å². The van der Waals surface area contributed by atoms with Crippen LogP contribution in [0.2, 0.25) is 0 Å². The van der Waals surface area contributed by atoms with Crippen LogP contribution >= 0.6 is 0 Å². The second-order valence-corrected chi connectivity index (χ2v) is 7.07. The van der Waals surface area contributed by atoms with E-state index >= 15 is 0 Å². The van der Waals surface area contributed by atoms with Gasteiger partial charge in [-0.1, -0.05) is 6.07 Å². The van der Waals surface area contributed by atoms with Crippen molar-refractivity contribution in [1.82, 2.24) is 25.1 Å². The molecule has 4 rings (SSSR count). The molecule has 4 N–H and O–H groups in total. The molecule has 0 aliphatic rings. The van der Waals surface area contributed by atoms with Crippen LogP contribution in [0.15, 0.2) is 55.0 Å². The summed E-state index contributed by atoms with van der Waals surface area (Å²) in [7, 11) is 3.96. The monoisotopic (exact) mass is 387 g/mol. The summed E-state index contributed by atoms with van der Waals surface area (Å²) in [5.41, 5.74) is 10.8. The molecule has 0 saturated carbocycles. The van der Waals surface area contributed by atoms with Crippen LogP contribution in [0.5, 0.6) is 0 Å². The van der Waals surface area contributed by atoms with E-state index in [1.54, 1.807) is 18.6 Å². The maximum atomic E-state index is 12.8. The molecule has 0 aliphatic heterocycles. The quantitative estimate of drug-likeness (QED) is 0.485. The van der Waals surface area contributed by atoms with Crippen molar-refractivity contribution in [2.75, 3.05) is 25.1 Å². The van der Waals surface area contributed by atoms with Crippen molar-refractivity contribution >= 4 is 28.2 Å². The van der Waals surface area contributed by atoms with Crippen molar-refractivity contribution in [2.45, 2.75) is 6.54 Å². The van der Waals surface area contributed by atoms with E-state index in [0.29, 0.717) is 17.1 Å². The lowest BCUT2D eigenvalue weighted by Crippen LogP contribution is -2.14. The molecule has 29 heavy (non-hydrogen) atoms. The lowest BCUT2D eigenvalue weighted by atomic mass is 10.0. The van der Waals surface area contributed by atoms with Gasteiger partial charge in [-0.3, -0.25) is 19.9 Å². The number of amides is 1. The Bertz CT molecular complexity index is 1170. The highest BCUT2D eigenvalue weighted by atomic mass is 16.1. The Morgan fingerprint density at radius 1 is 1.10 bits per heavy atom. The molecule has 1 aromatic carbocycles. The first-order valence-corrected chi connectivity index (χ1v) is 9.09. The molecule has 4 aromatic rings. The van der Waals surface area contributed by atoms with E-state index in [0.717, 1.165) is 34.3 Å². The topological polar surface area (TPSA) is 113 Å². The fraction of sp³-hybridized carbons (Fsp3) is 0.143. The summed E-state index contributed by atoms with van der Waals surface area (Å²) in [6.45, 7) is 0.736. The van der Waals surface area contributed by atoms with Crippen LogP contribution in [-0.4, -0.2) is 45.1 Å². The Morgan fingerprint density at radius 2 is 1.97 bits per heavy atom. The molecule has 146 valence electrons. The van der Waals surface area contributed by atoms with Gasteiger partial charge in [0.1, 0.15) is 0 Å². The maximum Gasteiger partial charge on any atom is 0.276 e. The molecule has 0 spiro atoms. The average molecular weight is 387 g/mol. The van der Waals surface area contributed by atoms with Gasteiger partial charge in [-0.2, -0.15) is 5.10 Å². The number of carbonyl (C=O) groups is 1. The highest BCUT2D eigenvalue weighted by Crippen LogP contribution is 2.26. The van der Waals surface area contributed by atoms with Gasteiger partial charge in [0.2, 0.25) is 0 Å². The fourth-order valence-electron chi connectivity index (χ4n) is 3.09. The average Bonchev–Trinajstić information content (AvgIpc) is 3.12. The van der Waals surface area contributed by atoms with Crippen LogP contribution in [-0.2, 0) is 6.54 Å². The van der Waals surface area contributed by atoms with E-state index in [2.05, 4.69) is 25.5 Å². The Kier molecular flexibility index (Phi) is 4.92.